The van der Waals surface area contributed by atoms with Crippen LogP contribution in [0.15, 0.2) is 39.8 Å². The third-order valence-electron chi connectivity index (χ3n) is 6.49. The molecule has 2 aliphatic rings. The molecule has 186 valence electrons. The molecule has 1 aliphatic heterocycles. The van der Waals surface area contributed by atoms with Crippen LogP contribution < -0.4 is 20.9 Å². The summed E-state index contributed by atoms with van der Waals surface area (Å²) in [4.78, 5) is 21.4. The second kappa shape index (κ2) is 8.16. The third kappa shape index (κ3) is 3.83. The van der Waals surface area contributed by atoms with Gasteiger partial charge in [0.2, 0.25) is 5.75 Å². The Kier molecular flexibility index (Phi) is 5.15. The smallest absolute Gasteiger partial charge is 0.301 e. The number of rotatable bonds is 4. The molecule has 0 bridgehead atoms. The molecule has 0 amide bonds. The molecule has 1 aromatic carbocycles. The predicted octanol–water partition coefficient (Wildman–Crippen LogP) is 4.91. The topological polar surface area (TPSA) is 107 Å². The number of aromatic nitrogens is 4. The molecule has 2 N–H and O–H groups in total. The van der Waals surface area contributed by atoms with Crippen molar-refractivity contribution in [2.45, 2.75) is 31.7 Å². The summed E-state index contributed by atoms with van der Waals surface area (Å²) < 4.78 is 41.7. The molecule has 0 radical (unpaired) electrons. The van der Waals surface area contributed by atoms with E-state index in [1.54, 1.807) is 38.2 Å². The normalized spacial score (nSPS) is 18.8. The van der Waals surface area contributed by atoms with Gasteiger partial charge < -0.3 is 24.5 Å². The van der Waals surface area contributed by atoms with Crippen LogP contribution in [0.25, 0.3) is 22.5 Å². The molecule has 0 spiro atoms. The van der Waals surface area contributed by atoms with Crippen LogP contribution in [0, 0.1) is 12.8 Å². The summed E-state index contributed by atoms with van der Waals surface area (Å²) >= 11 is 6.38. The number of alkyl halides is 2. The molecule has 0 unspecified atom stereocenters. The van der Waals surface area contributed by atoms with Crippen molar-refractivity contribution in [3.8, 4) is 17.3 Å². The van der Waals surface area contributed by atoms with E-state index in [1.807, 2.05) is 0 Å². The number of nitrogens with one attached hydrogen (secondary N) is 2. The highest BCUT2D eigenvalue weighted by molar-refractivity contribution is 6.33. The predicted molar refractivity (Wildman–Crippen MR) is 130 cm³/mol. The minimum absolute atomic E-state index is 0.110. The van der Waals surface area contributed by atoms with Gasteiger partial charge in [0.25, 0.3) is 11.4 Å². The summed E-state index contributed by atoms with van der Waals surface area (Å²) in [6.45, 7) is 0.853. The van der Waals surface area contributed by atoms with Crippen molar-refractivity contribution >= 4 is 39.6 Å². The van der Waals surface area contributed by atoms with Crippen LogP contribution in [0.3, 0.4) is 0 Å². The molecule has 1 saturated carbocycles. The monoisotopic (exact) mass is 514 g/mol. The number of hydrogen-bond acceptors (Lipinski definition) is 8. The maximum absolute atomic E-state index is 14.9. The molecule has 6 rings (SSSR count). The van der Waals surface area contributed by atoms with Crippen molar-refractivity contribution in [1.82, 2.24) is 19.7 Å². The fraction of sp³-hybridized carbons (Fsp3) is 0.333. The zero-order valence-corrected chi connectivity index (χ0v) is 20.1. The Labute approximate surface area is 208 Å². The number of benzene rings is 1. The number of aryl methyl sites for hydroxylation is 2. The van der Waals surface area contributed by atoms with Crippen LogP contribution in [0.1, 0.15) is 18.7 Å². The molecule has 1 atom stereocenters. The van der Waals surface area contributed by atoms with Crippen LogP contribution in [0.4, 0.5) is 25.8 Å². The van der Waals surface area contributed by atoms with Gasteiger partial charge in [-0.15, -0.1) is 0 Å². The average molecular weight is 515 g/mol. The fourth-order valence-corrected chi connectivity index (χ4v) is 4.64. The SMILES string of the molecule is Cc1noc(-c2cc(Nc3ccc4c(c3)c3c(c(=O)n4C)OCC(F)(F)[C@H](C4CC4)N3)c(Cl)cn2)n1. The Hall–Kier alpha value is -3.73. The molecular weight excluding hydrogens is 494 g/mol. The van der Waals surface area contributed by atoms with Gasteiger partial charge in [-0.05, 0) is 49.9 Å². The lowest BCUT2D eigenvalue weighted by atomic mass is 10.0. The molecule has 1 aliphatic carbocycles. The summed E-state index contributed by atoms with van der Waals surface area (Å²) in [5.41, 5.74) is 1.94. The Morgan fingerprint density at radius 1 is 1.28 bits per heavy atom. The van der Waals surface area contributed by atoms with E-state index in [0.29, 0.717) is 51.7 Å². The molecule has 9 nitrogen and oxygen atoms in total. The average Bonchev–Trinajstić information content (AvgIpc) is 3.61. The van der Waals surface area contributed by atoms with Crippen LogP contribution in [-0.2, 0) is 7.05 Å². The number of nitrogens with zero attached hydrogens (tertiary/aromatic N) is 4. The Bertz CT molecular complexity index is 1570. The van der Waals surface area contributed by atoms with E-state index in [2.05, 4.69) is 25.8 Å². The summed E-state index contributed by atoms with van der Waals surface area (Å²) in [5.74, 6) is -2.67. The maximum Gasteiger partial charge on any atom is 0.301 e. The zero-order valence-electron chi connectivity index (χ0n) is 19.3. The molecule has 4 heterocycles. The molecule has 1 fully saturated rings. The highest BCUT2D eigenvalue weighted by Crippen LogP contribution is 2.45. The van der Waals surface area contributed by atoms with Gasteiger partial charge in [0.05, 0.1) is 28.0 Å². The van der Waals surface area contributed by atoms with Gasteiger partial charge in [0, 0.05) is 24.3 Å². The third-order valence-corrected chi connectivity index (χ3v) is 6.79. The summed E-state index contributed by atoms with van der Waals surface area (Å²) in [6, 6.07) is 5.84. The number of pyridine rings is 2. The van der Waals surface area contributed by atoms with Gasteiger partial charge in [0.1, 0.15) is 5.69 Å². The van der Waals surface area contributed by atoms with E-state index < -0.39 is 24.1 Å². The van der Waals surface area contributed by atoms with Crippen molar-refractivity contribution in [1.29, 1.82) is 0 Å². The van der Waals surface area contributed by atoms with E-state index in [9.17, 15) is 13.6 Å². The van der Waals surface area contributed by atoms with Crippen molar-refractivity contribution in [3.63, 3.8) is 0 Å². The van der Waals surface area contributed by atoms with Gasteiger partial charge in [0.15, 0.2) is 12.4 Å². The van der Waals surface area contributed by atoms with E-state index in [0.717, 1.165) is 0 Å². The van der Waals surface area contributed by atoms with Crippen molar-refractivity contribution < 1.29 is 18.0 Å². The molecule has 12 heteroatoms. The number of fused-ring (bicyclic) bond motifs is 3. The van der Waals surface area contributed by atoms with E-state index in [4.69, 9.17) is 20.9 Å². The Morgan fingerprint density at radius 3 is 2.81 bits per heavy atom. The first-order chi connectivity index (χ1) is 17.2. The first-order valence-corrected chi connectivity index (χ1v) is 11.8. The zero-order chi connectivity index (χ0) is 25.2. The van der Waals surface area contributed by atoms with Crippen LogP contribution in [-0.4, -0.2) is 38.3 Å². The number of anilines is 3. The number of halogens is 3. The van der Waals surface area contributed by atoms with Crippen molar-refractivity contribution in [2.24, 2.45) is 13.0 Å². The second-order valence-corrected chi connectivity index (χ2v) is 9.54. The minimum atomic E-state index is -3.11. The highest BCUT2D eigenvalue weighted by Gasteiger charge is 2.51. The molecular formula is C24H21ClF2N6O3. The van der Waals surface area contributed by atoms with Crippen molar-refractivity contribution in [2.75, 3.05) is 17.2 Å². The highest BCUT2D eigenvalue weighted by atomic mass is 35.5. The second-order valence-electron chi connectivity index (χ2n) is 9.13. The van der Waals surface area contributed by atoms with E-state index in [1.165, 1.54) is 10.8 Å². The maximum atomic E-state index is 14.9. The number of ether oxygens (including phenoxy) is 1. The fourth-order valence-electron chi connectivity index (χ4n) is 4.49. The lowest BCUT2D eigenvalue weighted by Crippen LogP contribution is -2.44. The van der Waals surface area contributed by atoms with Crippen LogP contribution in [0.2, 0.25) is 5.02 Å². The lowest BCUT2D eigenvalue weighted by Gasteiger charge is -2.25. The largest absolute Gasteiger partial charge is 0.480 e. The lowest BCUT2D eigenvalue weighted by molar-refractivity contribution is -0.0579. The van der Waals surface area contributed by atoms with E-state index >= 15 is 0 Å². The molecule has 3 aromatic heterocycles. The summed E-state index contributed by atoms with van der Waals surface area (Å²) in [6.07, 6.45) is 2.88. The standard InChI is InChI=1S/C24H21ClF2N6O3/c1-11-29-22(36-32-11)17-8-16(15(25)9-28-17)30-13-5-6-18-14(7-13)19-20(23(34)33(18)2)35-10-24(26,27)21(31-19)12-3-4-12/h5-9,12,21,31H,3-4,10H2,1-2H3,(H,28,30)/t21-/m0/s1. The molecule has 0 saturated heterocycles. The van der Waals surface area contributed by atoms with Gasteiger partial charge in [-0.25, -0.2) is 13.8 Å². The van der Waals surface area contributed by atoms with Crippen LogP contribution >= 0.6 is 11.6 Å². The van der Waals surface area contributed by atoms with Gasteiger partial charge >= 0.3 is 5.92 Å². The van der Waals surface area contributed by atoms with Crippen molar-refractivity contribution in [3.05, 3.63) is 51.7 Å². The summed E-state index contributed by atoms with van der Waals surface area (Å²) in [7, 11) is 1.58. The van der Waals surface area contributed by atoms with Gasteiger partial charge in [-0.2, -0.15) is 4.98 Å². The Morgan fingerprint density at radius 2 is 2.08 bits per heavy atom. The molecule has 4 aromatic rings. The van der Waals surface area contributed by atoms with E-state index in [-0.39, 0.29) is 23.2 Å². The van der Waals surface area contributed by atoms with Crippen LogP contribution in [0.5, 0.6) is 5.75 Å². The number of hydrogen-bond donors (Lipinski definition) is 2. The first kappa shape index (κ1) is 22.7. The minimum Gasteiger partial charge on any atom is -0.480 e. The Balaban J connectivity index is 1.44. The van der Waals surface area contributed by atoms with Gasteiger partial charge in [-0.3, -0.25) is 4.79 Å². The molecule has 36 heavy (non-hydrogen) atoms. The quantitative estimate of drug-likeness (QED) is 0.396. The summed E-state index contributed by atoms with van der Waals surface area (Å²) in [5, 5.41) is 10.9. The van der Waals surface area contributed by atoms with Gasteiger partial charge in [-0.1, -0.05) is 16.8 Å². The first-order valence-electron chi connectivity index (χ1n) is 11.4.